The number of phenols is 1. The van der Waals surface area contributed by atoms with Crippen LogP contribution in [0.3, 0.4) is 0 Å². The van der Waals surface area contributed by atoms with Gasteiger partial charge in [-0.25, -0.2) is 18.6 Å². The zero-order chi connectivity index (χ0) is 30.3. The fourth-order valence-corrected chi connectivity index (χ4v) is 5.31. The number of nitrogens with zero attached hydrogens (tertiary/aromatic N) is 3. The van der Waals surface area contributed by atoms with Crippen molar-refractivity contribution >= 4 is 6.09 Å². The van der Waals surface area contributed by atoms with E-state index in [2.05, 4.69) is 0 Å². The molecule has 0 bridgehead atoms. The molecular formula is C32H33F2N3O5. The van der Waals surface area contributed by atoms with Gasteiger partial charge >= 0.3 is 6.09 Å². The summed E-state index contributed by atoms with van der Waals surface area (Å²) >= 11 is 0. The fraction of sp³-hybridized carbons (Fsp3) is 0.344. The van der Waals surface area contributed by atoms with E-state index in [0.717, 1.165) is 12.1 Å². The highest BCUT2D eigenvalue weighted by Gasteiger charge is 2.31. The fourth-order valence-electron chi connectivity index (χ4n) is 5.31. The number of aromatic nitrogens is 2. The van der Waals surface area contributed by atoms with Crippen LogP contribution in [0.25, 0.3) is 28.3 Å². The highest BCUT2D eigenvalue weighted by atomic mass is 19.1. The highest BCUT2D eigenvalue weighted by Crippen LogP contribution is 2.39. The van der Waals surface area contributed by atoms with Gasteiger partial charge in [0, 0.05) is 42.9 Å². The van der Waals surface area contributed by atoms with E-state index in [1.165, 1.54) is 16.7 Å². The molecule has 1 aliphatic rings. The van der Waals surface area contributed by atoms with Crippen molar-refractivity contribution in [2.75, 3.05) is 13.1 Å². The summed E-state index contributed by atoms with van der Waals surface area (Å²) in [6, 6.07) is 9.34. The number of halogens is 2. The number of phenolic OH excluding ortho intramolecular Hbond substituents is 1. The summed E-state index contributed by atoms with van der Waals surface area (Å²) in [7, 11) is 0. The lowest BCUT2D eigenvalue weighted by Crippen LogP contribution is -2.41. The number of ether oxygens (including phenoxy) is 1. The summed E-state index contributed by atoms with van der Waals surface area (Å²) in [5.74, 6) is -1.13. The predicted molar refractivity (Wildman–Crippen MR) is 154 cm³/mol. The van der Waals surface area contributed by atoms with Gasteiger partial charge in [0.05, 0.1) is 11.3 Å². The molecule has 3 heterocycles. The Kier molecular flexibility index (Phi) is 7.66. The van der Waals surface area contributed by atoms with E-state index in [-0.39, 0.29) is 34.6 Å². The molecule has 1 amide bonds. The number of carbonyl (C=O) groups is 1. The number of hydrogen-bond acceptors (Lipinski definition) is 6. The Bertz CT molecular complexity index is 1690. The third kappa shape index (κ3) is 5.93. The predicted octanol–water partition coefficient (Wildman–Crippen LogP) is 6.87. The lowest BCUT2D eigenvalue weighted by molar-refractivity contribution is 0.0199. The number of hydrogen-bond donors (Lipinski definition) is 1. The summed E-state index contributed by atoms with van der Waals surface area (Å²) in [6.45, 7) is 9.89. The number of benzene rings is 2. The highest BCUT2D eigenvalue weighted by molar-refractivity contribution is 5.77. The third-order valence-corrected chi connectivity index (χ3v) is 7.22. The molecule has 42 heavy (non-hydrogen) atoms. The van der Waals surface area contributed by atoms with Crippen molar-refractivity contribution in [2.45, 2.75) is 59.0 Å². The van der Waals surface area contributed by atoms with Crippen LogP contribution in [0.15, 0.2) is 57.9 Å². The molecule has 1 aliphatic heterocycles. The number of likely N-dealkylation sites (tertiary alicyclic amines) is 1. The van der Waals surface area contributed by atoms with Crippen molar-refractivity contribution in [3.63, 3.8) is 0 Å². The van der Waals surface area contributed by atoms with Crippen LogP contribution >= 0.6 is 0 Å². The van der Waals surface area contributed by atoms with Crippen molar-refractivity contribution in [1.82, 2.24) is 14.5 Å². The van der Waals surface area contributed by atoms with Gasteiger partial charge in [-0.3, -0.25) is 9.36 Å². The number of pyridine rings is 1. The monoisotopic (exact) mass is 577 g/mol. The Hall–Kier alpha value is -4.47. The number of aromatic hydroxyl groups is 1. The molecule has 4 aromatic rings. The Morgan fingerprint density at radius 1 is 1.05 bits per heavy atom. The van der Waals surface area contributed by atoms with Crippen LogP contribution < -0.4 is 5.56 Å². The average Bonchev–Trinajstić information content (AvgIpc) is 3.33. The second kappa shape index (κ2) is 11.1. The van der Waals surface area contributed by atoms with E-state index >= 15 is 4.39 Å². The lowest BCUT2D eigenvalue weighted by atomic mass is 9.97. The first kappa shape index (κ1) is 29.0. The van der Waals surface area contributed by atoms with Gasteiger partial charge in [0.2, 0.25) is 0 Å². The van der Waals surface area contributed by atoms with Crippen molar-refractivity contribution in [1.29, 1.82) is 0 Å². The summed E-state index contributed by atoms with van der Waals surface area (Å²) in [5, 5.41) is 10.00. The minimum atomic E-state index is -0.808. The second-order valence-electron chi connectivity index (χ2n) is 11.6. The minimum Gasteiger partial charge on any atom is -0.508 e. The Morgan fingerprint density at radius 2 is 1.71 bits per heavy atom. The van der Waals surface area contributed by atoms with E-state index < -0.39 is 17.2 Å². The molecule has 0 atom stereocenters. The Balaban J connectivity index is 1.55. The van der Waals surface area contributed by atoms with Gasteiger partial charge in [0.25, 0.3) is 5.56 Å². The zero-order valence-corrected chi connectivity index (χ0v) is 24.2. The molecule has 0 aliphatic carbocycles. The molecule has 8 nitrogen and oxygen atoms in total. The molecule has 2 aromatic carbocycles. The molecule has 0 unspecified atom stereocenters. The Morgan fingerprint density at radius 3 is 2.33 bits per heavy atom. The molecule has 10 heteroatoms. The maximum absolute atomic E-state index is 15.0. The summed E-state index contributed by atoms with van der Waals surface area (Å²) in [4.78, 5) is 31.9. The van der Waals surface area contributed by atoms with Crippen molar-refractivity contribution in [3.8, 4) is 34.0 Å². The van der Waals surface area contributed by atoms with Crippen LogP contribution in [0.2, 0.25) is 0 Å². The normalized spacial score (nSPS) is 14.3. The van der Waals surface area contributed by atoms with Gasteiger partial charge in [-0.2, -0.15) is 0 Å². The van der Waals surface area contributed by atoms with Gasteiger partial charge in [-0.15, -0.1) is 0 Å². The van der Waals surface area contributed by atoms with Crippen molar-refractivity contribution < 1.29 is 27.8 Å². The van der Waals surface area contributed by atoms with E-state index in [1.807, 2.05) is 20.8 Å². The number of amides is 1. The van der Waals surface area contributed by atoms with Crippen LogP contribution in [0, 0.1) is 25.5 Å². The molecular weight excluding hydrogens is 544 g/mol. The minimum absolute atomic E-state index is 0.0334. The van der Waals surface area contributed by atoms with Gasteiger partial charge in [-0.1, -0.05) is 0 Å². The molecule has 0 radical (unpaired) electrons. The molecule has 0 spiro atoms. The van der Waals surface area contributed by atoms with Crippen molar-refractivity contribution in [3.05, 3.63) is 87.7 Å². The first-order valence-corrected chi connectivity index (χ1v) is 13.8. The van der Waals surface area contributed by atoms with Gasteiger partial charge in [0.15, 0.2) is 11.7 Å². The molecule has 1 saturated heterocycles. The van der Waals surface area contributed by atoms with Gasteiger partial charge in [-0.05, 0) is 88.9 Å². The van der Waals surface area contributed by atoms with Crippen LogP contribution in [0.1, 0.15) is 56.5 Å². The molecule has 1 N–H and O–H groups in total. The Labute approximate surface area is 242 Å². The van der Waals surface area contributed by atoms with Crippen LogP contribution in [0.5, 0.6) is 5.75 Å². The number of rotatable bonds is 4. The van der Waals surface area contributed by atoms with Crippen LogP contribution in [-0.2, 0) is 4.74 Å². The number of aryl methyl sites for hydroxylation is 2. The average molecular weight is 578 g/mol. The maximum atomic E-state index is 15.0. The molecule has 1 fully saturated rings. The lowest BCUT2D eigenvalue weighted by Gasteiger charge is -2.32. The van der Waals surface area contributed by atoms with Crippen molar-refractivity contribution in [2.24, 2.45) is 0 Å². The van der Waals surface area contributed by atoms with E-state index in [0.29, 0.717) is 59.9 Å². The summed E-state index contributed by atoms with van der Waals surface area (Å²) in [6.07, 6.45) is 2.32. The zero-order valence-electron chi connectivity index (χ0n) is 24.2. The van der Waals surface area contributed by atoms with E-state index in [9.17, 15) is 19.1 Å². The summed E-state index contributed by atoms with van der Waals surface area (Å²) in [5.41, 5.74) is 1.90. The molecule has 5 rings (SSSR count). The standard InChI is InChI=1S/C32H33F2N3O5/c1-18-14-23(38)15-19(2)28(18)37-17-21(6-9-26(37)39)27-29(24-8-7-22(33)16-25(24)34)41-30(35-27)20-10-12-36(13-11-20)31(40)42-32(3,4)5/h6-9,14-17,20,38H,10-13H2,1-5H3. The summed E-state index contributed by atoms with van der Waals surface area (Å²) < 4.78 is 42.0. The number of oxazole rings is 1. The van der Waals surface area contributed by atoms with E-state index in [4.69, 9.17) is 14.1 Å². The maximum Gasteiger partial charge on any atom is 0.410 e. The van der Waals surface area contributed by atoms with Gasteiger partial charge in [0.1, 0.15) is 28.7 Å². The number of piperidine rings is 1. The van der Waals surface area contributed by atoms with Gasteiger partial charge < -0.3 is 19.2 Å². The quantitative estimate of drug-likeness (QED) is 0.284. The number of carbonyl (C=O) groups excluding carboxylic acids is 1. The van der Waals surface area contributed by atoms with E-state index in [1.54, 1.807) is 43.1 Å². The first-order valence-electron chi connectivity index (χ1n) is 13.8. The topological polar surface area (TPSA) is 97.8 Å². The molecule has 0 saturated carbocycles. The second-order valence-corrected chi connectivity index (χ2v) is 11.6. The van der Waals surface area contributed by atoms with Crippen LogP contribution in [0.4, 0.5) is 13.6 Å². The largest absolute Gasteiger partial charge is 0.508 e. The van der Waals surface area contributed by atoms with Crippen LogP contribution in [-0.4, -0.2) is 44.3 Å². The molecule has 2 aromatic heterocycles. The third-order valence-electron chi connectivity index (χ3n) is 7.22. The molecule has 220 valence electrons. The smallest absolute Gasteiger partial charge is 0.410 e. The first-order chi connectivity index (χ1) is 19.8. The SMILES string of the molecule is Cc1cc(O)cc(C)c1-n1cc(-c2nc(C3CCN(C(=O)OC(C)(C)C)CC3)oc2-c2ccc(F)cc2F)ccc1=O.